The maximum Gasteiger partial charge on any atom is 0.305 e. The van der Waals surface area contributed by atoms with Gasteiger partial charge in [0.05, 0.1) is 18.6 Å². The average molecular weight is 148 g/mol. The lowest BCUT2D eigenvalue weighted by Crippen LogP contribution is -2.18. The predicted molar refractivity (Wildman–Crippen MR) is 34.6 cm³/mol. The molecule has 10 heavy (non-hydrogen) atoms. The minimum atomic E-state index is -1.05. The van der Waals surface area contributed by atoms with Crippen LogP contribution in [0.25, 0.3) is 0 Å². The van der Waals surface area contributed by atoms with E-state index in [4.69, 9.17) is 15.3 Å². The SMILES string of the molecule is CC(O)C[C@@H](O)CC(=O)O. The van der Waals surface area contributed by atoms with E-state index in [9.17, 15) is 4.79 Å². The second-order valence-electron chi connectivity index (χ2n) is 2.34. The molecule has 0 saturated heterocycles. The van der Waals surface area contributed by atoms with Crippen molar-refractivity contribution < 1.29 is 20.1 Å². The lowest BCUT2D eigenvalue weighted by molar-refractivity contribution is -0.139. The first-order chi connectivity index (χ1) is 4.52. The second kappa shape index (κ2) is 4.24. The van der Waals surface area contributed by atoms with E-state index in [1.54, 1.807) is 0 Å². The van der Waals surface area contributed by atoms with E-state index in [0.29, 0.717) is 0 Å². The van der Waals surface area contributed by atoms with Gasteiger partial charge in [0.15, 0.2) is 0 Å². The summed E-state index contributed by atoms with van der Waals surface area (Å²) < 4.78 is 0. The number of hydrogen-bond donors (Lipinski definition) is 3. The van der Waals surface area contributed by atoms with E-state index in [-0.39, 0.29) is 12.8 Å². The molecule has 0 fully saturated rings. The summed E-state index contributed by atoms with van der Waals surface area (Å²) in [7, 11) is 0. The highest BCUT2D eigenvalue weighted by Crippen LogP contribution is 2.01. The first kappa shape index (κ1) is 9.39. The fourth-order valence-electron chi connectivity index (χ4n) is 0.679. The van der Waals surface area contributed by atoms with Gasteiger partial charge in [0.25, 0.3) is 0 Å². The molecule has 0 aliphatic carbocycles. The number of aliphatic hydroxyl groups excluding tert-OH is 2. The van der Waals surface area contributed by atoms with Gasteiger partial charge in [0.2, 0.25) is 0 Å². The summed E-state index contributed by atoms with van der Waals surface area (Å²) in [5.41, 5.74) is 0. The van der Waals surface area contributed by atoms with Gasteiger partial charge in [-0.1, -0.05) is 0 Å². The molecule has 2 atom stereocenters. The zero-order valence-corrected chi connectivity index (χ0v) is 5.82. The van der Waals surface area contributed by atoms with Gasteiger partial charge in [0, 0.05) is 0 Å². The van der Waals surface area contributed by atoms with Gasteiger partial charge in [-0.2, -0.15) is 0 Å². The van der Waals surface area contributed by atoms with Crippen molar-refractivity contribution in [2.75, 3.05) is 0 Å². The quantitative estimate of drug-likeness (QED) is 0.506. The maximum absolute atomic E-state index is 9.95. The fraction of sp³-hybridized carbons (Fsp3) is 0.833. The van der Waals surface area contributed by atoms with Crippen molar-refractivity contribution >= 4 is 5.97 Å². The van der Waals surface area contributed by atoms with E-state index in [1.165, 1.54) is 6.92 Å². The van der Waals surface area contributed by atoms with Crippen LogP contribution in [0, 0.1) is 0 Å². The Morgan fingerprint density at radius 1 is 1.50 bits per heavy atom. The highest BCUT2D eigenvalue weighted by Gasteiger charge is 2.11. The predicted octanol–water partition coefficient (Wildman–Crippen LogP) is -0.407. The molecule has 1 unspecified atom stereocenters. The Bertz CT molecular complexity index is 110. The highest BCUT2D eigenvalue weighted by molar-refractivity contribution is 5.67. The van der Waals surface area contributed by atoms with Crippen LogP contribution < -0.4 is 0 Å². The Kier molecular flexibility index (Phi) is 3.99. The smallest absolute Gasteiger partial charge is 0.305 e. The van der Waals surface area contributed by atoms with Crippen molar-refractivity contribution in [2.24, 2.45) is 0 Å². The minimum absolute atomic E-state index is 0.117. The summed E-state index contributed by atoms with van der Waals surface area (Å²) in [6.45, 7) is 1.51. The molecule has 4 heteroatoms. The number of carbonyl (C=O) groups is 1. The van der Waals surface area contributed by atoms with Crippen molar-refractivity contribution in [3.05, 3.63) is 0 Å². The van der Waals surface area contributed by atoms with Gasteiger partial charge in [0.1, 0.15) is 0 Å². The fourth-order valence-corrected chi connectivity index (χ4v) is 0.679. The topological polar surface area (TPSA) is 77.8 Å². The largest absolute Gasteiger partial charge is 0.481 e. The summed E-state index contributed by atoms with van der Waals surface area (Å²) in [6, 6.07) is 0. The third-order valence-corrected chi connectivity index (χ3v) is 1.02. The van der Waals surface area contributed by atoms with Crippen LogP contribution in [-0.4, -0.2) is 33.5 Å². The van der Waals surface area contributed by atoms with E-state index in [1.807, 2.05) is 0 Å². The van der Waals surface area contributed by atoms with E-state index < -0.39 is 18.2 Å². The monoisotopic (exact) mass is 148 g/mol. The molecule has 0 amide bonds. The molecule has 0 radical (unpaired) electrons. The molecule has 0 aromatic rings. The summed E-state index contributed by atoms with van der Waals surface area (Å²) in [5.74, 6) is -1.05. The molecule has 4 nitrogen and oxygen atoms in total. The van der Waals surface area contributed by atoms with Gasteiger partial charge in [-0.25, -0.2) is 0 Å². The van der Waals surface area contributed by atoms with Crippen LogP contribution in [0.2, 0.25) is 0 Å². The Morgan fingerprint density at radius 2 is 2.00 bits per heavy atom. The first-order valence-electron chi connectivity index (χ1n) is 3.10. The molecular formula is C6H12O4. The third-order valence-electron chi connectivity index (χ3n) is 1.02. The minimum Gasteiger partial charge on any atom is -0.481 e. The summed E-state index contributed by atoms with van der Waals surface area (Å²) in [5, 5.41) is 25.7. The summed E-state index contributed by atoms with van der Waals surface area (Å²) in [6.07, 6.45) is -1.76. The van der Waals surface area contributed by atoms with Crippen molar-refractivity contribution in [3.8, 4) is 0 Å². The van der Waals surface area contributed by atoms with E-state index >= 15 is 0 Å². The van der Waals surface area contributed by atoms with Gasteiger partial charge >= 0.3 is 5.97 Å². The first-order valence-corrected chi connectivity index (χ1v) is 3.10. The van der Waals surface area contributed by atoms with E-state index in [2.05, 4.69) is 0 Å². The molecular weight excluding hydrogens is 136 g/mol. The molecule has 3 N–H and O–H groups in total. The Hall–Kier alpha value is -0.610. The second-order valence-corrected chi connectivity index (χ2v) is 2.34. The number of carboxylic acid groups (broad SMARTS) is 1. The van der Waals surface area contributed by atoms with Crippen LogP contribution in [0.5, 0.6) is 0 Å². The molecule has 0 bridgehead atoms. The lowest BCUT2D eigenvalue weighted by Gasteiger charge is -2.08. The molecule has 0 saturated carbocycles. The highest BCUT2D eigenvalue weighted by atomic mass is 16.4. The van der Waals surface area contributed by atoms with Crippen molar-refractivity contribution in [2.45, 2.75) is 32.0 Å². The van der Waals surface area contributed by atoms with E-state index in [0.717, 1.165) is 0 Å². The van der Waals surface area contributed by atoms with Crippen molar-refractivity contribution in [3.63, 3.8) is 0 Å². The normalized spacial score (nSPS) is 16.3. The summed E-state index contributed by atoms with van der Waals surface area (Å²) in [4.78, 5) is 9.95. The van der Waals surface area contributed by atoms with Crippen LogP contribution in [0.1, 0.15) is 19.8 Å². The van der Waals surface area contributed by atoms with Crippen LogP contribution >= 0.6 is 0 Å². The van der Waals surface area contributed by atoms with Crippen LogP contribution in [-0.2, 0) is 4.79 Å². The molecule has 0 rings (SSSR count). The molecule has 0 aromatic heterocycles. The van der Waals surface area contributed by atoms with Gasteiger partial charge in [-0.15, -0.1) is 0 Å². The average Bonchev–Trinajstić information content (AvgIpc) is 1.58. The molecule has 0 aromatic carbocycles. The van der Waals surface area contributed by atoms with Crippen molar-refractivity contribution in [1.29, 1.82) is 0 Å². The summed E-state index contributed by atoms with van der Waals surface area (Å²) >= 11 is 0. The maximum atomic E-state index is 9.95. The van der Waals surface area contributed by atoms with Gasteiger partial charge in [-0.3, -0.25) is 4.79 Å². The van der Waals surface area contributed by atoms with Crippen LogP contribution in [0.15, 0.2) is 0 Å². The van der Waals surface area contributed by atoms with Gasteiger partial charge in [-0.05, 0) is 13.3 Å². The molecule has 60 valence electrons. The molecule has 0 spiro atoms. The molecule has 0 aliphatic heterocycles. The van der Waals surface area contributed by atoms with Gasteiger partial charge < -0.3 is 15.3 Å². The number of aliphatic hydroxyl groups is 2. The Balaban J connectivity index is 3.43. The Labute approximate surface area is 59.1 Å². The number of hydrogen-bond acceptors (Lipinski definition) is 3. The van der Waals surface area contributed by atoms with Crippen LogP contribution in [0.3, 0.4) is 0 Å². The standard InChI is InChI=1S/C6H12O4/c1-4(7)2-5(8)3-6(9)10/h4-5,7-8H,2-3H2,1H3,(H,9,10)/t4?,5-/m1/s1. The zero-order valence-electron chi connectivity index (χ0n) is 5.82. The number of rotatable bonds is 4. The number of aliphatic carboxylic acids is 1. The zero-order chi connectivity index (χ0) is 8.15. The third kappa shape index (κ3) is 5.53. The Morgan fingerprint density at radius 3 is 2.30 bits per heavy atom. The van der Waals surface area contributed by atoms with Crippen molar-refractivity contribution in [1.82, 2.24) is 0 Å². The van der Waals surface area contributed by atoms with Crippen LogP contribution in [0.4, 0.5) is 0 Å². The lowest BCUT2D eigenvalue weighted by atomic mass is 10.1. The molecule has 0 heterocycles. The number of carboxylic acids is 1. The molecule has 0 aliphatic rings.